The molecule has 302 valence electrons. The molecule has 0 amide bonds. The number of fused-ring (bicyclic) bond motifs is 10. The van der Waals surface area contributed by atoms with Crippen LogP contribution in [0.4, 0.5) is 18.9 Å². The molecule has 0 unspecified atom stereocenters. The zero-order chi connectivity index (χ0) is 40.8. The highest BCUT2D eigenvalue weighted by molar-refractivity contribution is 6.10. The van der Waals surface area contributed by atoms with Gasteiger partial charge in [-0.05, 0) is 112 Å². The normalized spacial score (nSPS) is 19.6. The Kier molecular flexibility index (Phi) is 8.90. The number of halogens is 3. The topological polar surface area (TPSA) is 49.4 Å². The minimum Gasteiger partial charge on any atom is -0.497 e. The van der Waals surface area contributed by atoms with Crippen LogP contribution in [0.2, 0.25) is 0 Å². The van der Waals surface area contributed by atoms with E-state index in [2.05, 4.69) is 56.9 Å². The molecule has 1 saturated carbocycles. The summed E-state index contributed by atoms with van der Waals surface area (Å²) in [5, 5.41) is 1.75. The standard InChI is InChI=1S/C49H50F3NO5/c1-45(2)27-46(3,4)29-47(28-45)39-24-32(49(50,51)52)12-17-35(39)42-37-25-40(53-20-22-57-23-21-53)41(56-7)26-38(37)44-36(43(42)47)18-19-48(58-44,30-8-13-33(54-5)14-9-30)31-10-15-34(55-6)16-11-31/h8-19,24-26H,20-23,27-29H2,1-7H3. The van der Waals surface area contributed by atoms with Crippen LogP contribution in [0.3, 0.4) is 0 Å². The van der Waals surface area contributed by atoms with Gasteiger partial charge >= 0.3 is 6.18 Å². The van der Waals surface area contributed by atoms with Crippen LogP contribution in [-0.2, 0) is 21.9 Å². The quantitative estimate of drug-likeness (QED) is 0.171. The average molecular weight is 790 g/mol. The van der Waals surface area contributed by atoms with Gasteiger partial charge in [0.1, 0.15) is 23.0 Å². The van der Waals surface area contributed by atoms with Crippen molar-refractivity contribution in [1.82, 2.24) is 0 Å². The van der Waals surface area contributed by atoms with Crippen molar-refractivity contribution in [2.75, 3.05) is 52.5 Å². The molecule has 0 aromatic heterocycles. The smallest absolute Gasteiger partial charge is 0.416 e. The van der Waals surface area contributed by atoms with E-state index in [0.717, 1.165) is 73.3 Å². The molecule has 1 saturated heterocycles. The Bertz CT molecular complexity index is 2380. The Morgan fingerprint density at radius 2 is 1.29 bits per heavy atom. The van der Waals surface area contributed by atoms with Crippen LogP contribution < -0.4 is 23.8 Å². The Balaban J connectivity index is 1.41. The predicted octanol–water partition coefficient (Wildman–Crippen LogP) is 11.6. The summed E-state index contributed by atoms with van der Waals surface area (Å²) >= 11 is 0. The molecule has 0 N–H and O–H groups in total. The summed E-state index contributed by atoms with van der Waals surface area (Å²) in [4.78, 5) is 2.28. The summed E-state index contributed by atoms with van der Waals surface area (Å²) in [6, 6.07) is 24.5. The third kappa shape index (κ3) is 6.02. The van der Waals surface area contributed by atoms with Crippen LogP contribution in [0.1, 0.15) is 80.3 Å². The lowest BCUT2D eigenvalue weighted by Crippen LogP contribution is -2.44. The molecule has 0 bridgehead atoms. The number of ether oxygens (including phenoxy) is 5. The van der Waals surface area contributed by atoms with E-state index < -0.39 is 22.8 Å². The van der Waals surface area contributed by atoms with Gasteiger partial charge in [0.05, 0.1) is 45.8 Å². The van der Waals surface area contributed by atoms with Crippen LogP contribution in [0.5, 0.6) is 23.0 Å². The molecule has 2 aliphatic heterocycles. The lowest BCUT2D eigenvalue weighted by atomic mass is 9.52. The number of rotatable bonds is 6. The molecule has 2 fully saturated rings. The Morgan fingerprint density at radius 1 is 0.690 bits per heavy atom. The number of benzene rings is 5. The molecule has 58 heavy (non-hydrogen) atoms. The van der Waals surface area contributed by atoms with Gasteiger partial charge in [-0.1, -0.05) is 64.1 Å². The van der Waals surface area contributed by atoms with Gasteiger partial charge in [-0.3, -0.25) is 0 Å². The Labute approximate surface area is 338 Å². The number of morpholine rings is 1. The highest BCUT2D eigenvalue weighted by Crippen LogP contribution is 2.67. The van der Waals surface area contributed by atoms with Crippen LogP contribution in [-0.4, -0.2) is 47.6 Å². The third-order valence-corrected chi connectivity index (χ3v) is 12.9. The maximum absolute atomic E-state index is 14.7. The van der Waals surface area contributed by atoms with Gasteiger partial charge in [0.2, 0.25) is 0 Å². The van der Waals surface area contributed by atoms with Crippen molar-refractivity contribution in [2.24, 2.45) is 10.8 Å². The number of methoxy groups -OCH3 is 3. The second-order valence-electron chi connectivity index (χ2n) is 18.0. The summed E-state index contributed by atoms with van der Waals surface area (Å²) in [7, 11) is 4.97. The number of hydrogen-bond donors (Lipinski definition) is 0. The first-order valence-corrected chi connectivity index (χ1v) is 20.1. The highest BCUT2D eigenvalue weighted by atomic mass is 19.4. The first-order chi connectivity index (χ1) is 27.6. The summed E-state index contributed by atoms with van der Waals surface area (Å²) in [5.41, 5.74) is 4.38. The SMILES string of the molecule is COc1ccc(C2(c3ccc(OC)cc3)C=Cc3c4c(c5cc(N6CCOCC6)c(OC)cc5c3O2)-c2ccc(C(F)(F)F)cc2C42CC(C)(C)CC(C)(C)C2)cc1. The lowest BCUT2D eigenvalue weighted by molar-refractivity contribution is -0.137. The van der Waals surface area contributed by atoms with Crippen molar-refractivity contribution in [2.45, 2.75) is 64.1 Å². The molecule has 9 heteroatoms. The maximum atomic E-state index is 14.7. The minimum atomic E-state index is -4.50. The molecule has 2 aliphatic carbocycles. The summed E-state index contributed by atoms with van der Waals surface area (Å²) in [6.07, 6.45) is 2.10. The molecule has 2 heterocycles. The van der Waals surface area contributed by atoms with Crippen LogP contribution in [0.15, 0.2) is 84.9 Å². The fourth-order valence-corrected chi connectivity index (χ4v) is 11.3. The van der Waals surface area contributed by atoms with Crippen molar-refractivity contribution >= 4 is 22.5 Å². The van der Waals surface area contributed by atoms with Crippen LogP contribution in [0.25, 0.3) is 28.0 Å². The Hall–Kier alpha value is -5.15. The number of alkyl halides is 3. The molecule has 1 spiro atoms. The van der Waals surface area contributed by atoms with E-state index in [-0.39, 0.29) is 10.8 Å². The molecular weight excluding hydrogens is 740 g/mol. The van der Waals surface area contributed by atoms with Gasteiger partial charge in [0.25, 0.3) is 0 Å². The van der Waals surface area contributed by atoms with Crippen LogP contribution >= 0.6 is 0 Å². The second-order valence-corrected chi connectivity index (χ2v) is 18.0. The number of anilines is 1. The maximum Gasteiger partial charge on any atom is 0.416 e. The van der Waals surface area contributed by atoms with E-state index in [1.54, 1.807) is 27.4 Å². The Morgan fingerprint density at radius 3 is 1.84 bits per heavy atom. The fourth-order valence-electron chi connectivity index (χ4n) is 11.3. The van der Waals surface area contributed by atoms with Gasteiger partial charge in [-0.2, -0.15) is 13.2 Å². The average Bonchev–Trinajstić information content (AvgIpc) is 3.46. The molecule has 5 aromatic rings. The zero-order valence-electron chi connectivity index (χ0n) is 34.2. The monoisotopic (exact) mass is 789 g/mol. The summed E-state index contributed by atoms with van der Waals surface area (Å²) in [5.74, 6) is 2.80. The van der Waals surface area contributed by atoms with E-state index in [1.165, 1.54) is 12.1 Å². The molecule has 4 aliphatic rings. The highest BCUT2D eigenvalue weighted by Gasteiger charge is 2.56. The second kappa shape index (κ2) is 13.4. The zero-order valence-corrected chi connectivity index (χ0v) is 34.2. The third-order valence-electron chi connectivity index (χ3n) is 12.9. The van der Waals surface area contributed by atoms with Crippen molar-refractivity contribution in [3.8, 4) is 34.1 Å². The predicted molar refractivity (Wildman–Crippen MR) is 223 cm³/mol. The van der Waals surface area contributed by atoms with Gasteiger partial charge in [-0.15, -0.1) is 0 Å². The van der Waals surface area contributed by atoms with Gasteiger partial charge in [-0.25, -0.2) is 0 Å². The number of nitrogens with zero attached hydrogens (tertiary/aromatic N) is 1. The van der Waals surface area contributed by atoms with Gasteiger partial charge in [0.15, 0.2) is 5.60 Å². The molecule has 9 rings (SSSR count). The first-order valence-electron chi connectivity index (χ1n) is 20.1. The molecule has 5 aromatic carbocycles. The van der Waals surface area contributed by atoms with Gasteiger partial charge < -0.3 is 28.6 Å². The number of hydrogen-bond acceptors (Lipinski definition) is 6. The van der Waals surface area contributed by atoms with E-state index in [4.69, 9.17) is 23.7 Å². The lowest BCUT2D eigenvalue weighted by Gasteiger charge is -2.52. The largest absolute Gasteiger partial charge is 0.497 e. The molecule has 6 nitrogen and oxygen atoms in total. The van der Waals surface area contributed by atoms with E-state index in [1.807, 2.05) is 48.5 Å². The first kappa shape index (κ1) is 38.4. The molecule has 0 atom stereocenters. The van der Waals surface area contributed by atoms with Crippen molar-refractivity contribution < 1.29 is 36.9 Å². The molecule has 0 radical (unpaired) electrons. The van der Waals surface area contributed by atoms with E-state index >= 15 is 0 Å². The van der Waals surface area contributed by atoms with Crippen molar-refractivity contribution in [1.29, 1.82) is 0 Å². The van der Waals surface area contributed by atoms with E-state index in [0.29, 0.717) is 50.6 Å². The summed E-state index contributed by atoms with van der Waals surface area (Å²) < 4.78 is 74.9. The van der Waals surface area contributed by atoms with Crippen molar-refractivity contribution in [3.63, 3.8) is 0 Å². The summed E-state index contributed by atoms with van der Waals surface area (Å²) in [6.45, 7) is 11.6. The molecular formula is C49H50F3NO5. The van der Waals surface area contributed by atoms with E-state index in [9.17, 15) is 13.2 Å². The van der Waals surface area contributed by atoms with Crippen LogP contribution in [0, 0.1) is 10.8 Å². The van der Waals surface area contributed by atoms with Gasteiger partial charge in [0, 0.05) is 40.6 Å². The minimum absolute atomic E-state index is 0.176. The van der Waals surface area contributed by atoms with Crippen molar-refractivity contribution in [3.05, 3.63) is 118 Å². The fraction of sp³-hybridized carbons (Fsp3) is 0.388.